The van der Waals surface area contributed by atoms with Crippen LogP contribution in [0.25, 0.3) is 0 Å². The van der Waals surface area contributed by atoms with Crippen molar-refractivity contribution in [2.45, 2.75) is 37.5 Å². The molecule has 1 aliphatic heterocycles. The summed E-state index contributed by atoms with van der Waals surface area (Å²) in [6.07, 6.45) is 10.2. The number of piperazine rings is 1. The van der Waals surface area contributed by atoms with Crippen LogP contribution in [0, 0.1) is 0 Å². The molecular formula is C21H30N6S. The molecule has 0 bridgehead atoms. The first-order valence-corrected chi connectivity index (χ1v) is 11.2. The SMILES string of the molecule is CN=C(NCC1(c2cccs2)CCCCC1)N1CCN(c2ncccn2)CC1. The minimum Gasteiger partial charge on any atom is -0.355 e. The molecule has 0 amide bonds. The van der Waals surface area contributed by atoms with Crippen molar-refractivity contribution in [2.24, 2.45) is 4.99 Å². The molecule has 0 radical (unpaired) electrons. The third-order valence-corrected chi connectivity index (χ3v) is 7.18. The number of nitrogens with zero attached hydrogens (tertiary/aromatic N) is 5. The highest BCUT2D eigenvalue weighted by Crippen LogP contribution is 2.41. The average molecular weight is 399 g/mol. The van der Waals surface area contributed by atoms with Crippen molar-refractivity contribution in [1.82, 2.24) is 20.2 Å². The van der Waals surface area contributed by atoms with Crippen molar-refractivity contribution in [1.29, 1.82) is 0 Å². The van der Waals surface area contributed by atoms with Crippen LogP contribution in [0.5, 0.6) is 0 Å². The van der Waals surface area contributed by atoms with Gasteiger partial charge in [-0.15, -0.1) is 11.3 Å². The number of hydrogen-bond acceptors (Lipinski definition) is 5. The molecule has 2 aromatic rings. The zero-order chi connectivity index (χ0) is 19.2. The molecular weight excluding hydrogens is 368 g/mol. The molecule has 1 N–H and O–H groups in total. The van der Waals surface area contributed by atoms with E-state index in [1.54, 1.807) is 0 Å². The smallest absolute Gasteiger partial charge is 0.225 e. The van der Waals surface area contributed by atoms with E-state index in [9.17, 15) is 0 Å². The van der Waals surface area contributed by atoms with Crippen LogP contribution in [-0.2, 0) is 5.41 Å². The molecule has 2 aromatic heterocycles. The van der Waals surface area contributed by atoms with E-state index in [-0.39, 0.29) is 5.41 Å². The second-order valence-electron chi connectivity index (χ2n) is 7.74. The molecule has 0 spiro atoms. The number of nitrogens with one attached hydrogen (secondary N) is 1. The molecule has 3 heterocycles. The van der Waals surface area contributed by atoms with Crippen molar-refractivity contribution in [3.63, 3.8) is 0 Å². The summed E-state index contributed by atoms with van der Waals surface area (Å²) in [5.74, 6) is 1.85. The molecule has 1 aliphatic carbocycles. The Balaban J connectivity index is 1.37. The summed E-state index contributed by atoms with van der Waals surface area (Å²) in [5, 5.41) is 5.94. The van der Waals surface area contributed by atoms with Gasteiger partial charge in [0.2, 0.25) is 5.95 Å². The fraction of sp³-hybridized carbons (Fsp3) is 0.571. The van der Waals surface area contributed by atoms with Gasteiger partial charge >= 0.3 is 0 Å². The van der Waals surface area contributed by atoms with E-state index in [0.717, 1.165) is 44.6 Å². The van der Waals surface area contributed by atoms with E-state index >= 15 is 0 Å². The van der Waals surface area contributed by atoms with Crippen LogP contribution in [0.2, 0.25) is 0 Å². The van der Waals surface area contributed by atoms with Crippen LogP contribution in [0.3, 0.4) is 0 Å². The normalized spacial score (nSPS) is 20.2. The van der Waals surface area contributed by atoms with E-state index in [1.165, 1.54) is 37.0 Å². The van der Waals surface area contributed by atoms with E-state index in [0.29, 0.717) is 0 Å². The minimum absolute atomic E-state index is 0.266. The second-order valence-corrected chi connectivity index (χ2v) is 8.69. The quantitative estimate of drug-likeness (QED) is 0.633. The van der Waals surface area contributed by atoms with E-state index in [1.807, 2.05) is 36.8 Å². The van der Waals surface area contributed by atoms with E-state index in [2.05, 4.69) is 47.6 Å². The molecule has 6 nitrogen and oxygen atoms in total. The van der Waals surface area contributed by atoms with Gasteiger partial charge < -0.3 is 15.1 Å². The largest absolute Gasteiger partial charge is 0.355 e. The number of anilines is 1. The standard InChI is InChI=1S/C21H30N6S/c1-22-19(26-12-14-27(15-13-26)20-23-10-6-11-24-20)25-17-21(8-3-2-4-9-21)18-7-5-16-28-18/h5-7,10-11,16H,2-4,8-9,12-15,17H2,1H3,(H,22,25). The Kier molecular flexibility index (Phi) is 6.10. The van der Waals surface area contributed by atoms with Crippen molar-refractivity contribution in [3.8, 4) is 0 Å². The lowest BCUT2D eigenvalue weighted by atomic mass is 9.73. The first-order chi connectivity index (χ1) is 13.8. The van der Waals surface area contributed by atoms with Gasteiger partial charge in [-0.25, -0.2) is 9.97 Å². The topological polar surface area (TPSA) is 56.7 Å². The molecule has 150 valence electrons. The molecule has 1 saturated carbocycles. The van der Waals surface area contributed by atoms with Crippen LogP contribution in [-0.4, -0.2) is 60.6 Å². The summed E-state index contributed by atoms with van der Waals surface area (Å²) in [6, 6.07) is 6.37. The average Bonchev–Trinajstić information content (AvgIpc) is 3.32. The van der Waals surface area contributed by atoms with Gasteiger partial charge in [0.1, 0.15) is 0 Å². The molecule has 1 saturated heterocycles. The fourth-order valence-electron chi connectivity index (χ4n) is 4.47. The summed E-state index contributed by atoms with van der Waals surface area (Å²) in [4.78, 5) is 19.5. The summed E-state index contributed by atoms with van der Waals surface area (Å²) in [5.41, 5.74) is 0.266. The molecule has 28 heavy (non-hydrogen) atoms. The molecule has 0 unspecified atom stereocenters. The molecule has 4 rings (SSSR count). The Morgan fingerprint density at radius 3 is 2.50 bits per heavy atom. The zero-order valence-electron chi connectivity index (χ0n) is 16.7. The third kappa shape index (κ3) is 4.14. The summed E-state index contributed by atoms with van der Waals surface area (Å²) in [6.45, 7) is 4.68. The van der Waals surface area contributed by atoms with Crippen molar-refractivity contribution < 1.29 is 0 Å². The van der Waals surface area contributed by atoms with Gasteiger partial charge in [-0.05, 0) is 30.4 Å². The highest BCUT2D eigenvalue weighted by molar-refractivity contribution is 7.10. The monoisotopic (exact) mass is 398 g/mol. The van der Waals surface area contributed by atoms with Crippen LogP contribution in [0.4, 0.5) is 5.95 Å². The first-order valence-electron chi connectivity index (χ1n) is 10.3. The number of aliphatic imine (C=N–C) groups is 1. The molecule has 0 atom stereocenters. The maximum absolute atomic E-state index is 4.59. The second kappa shape index (κ2) is 8.90. The molecule has 2 fully saturated rings. The fourth-order valence-corrected chi connectivity index (χ4v) is 5.46. The third-order valence-electron chi connectivity index (χ3n) is 6.07. The van der Waals surface area contributed by atoms with Crippen LogP contribution in [0.1, 0.15) is 37.0 Å². The zero-order valence-corrected chi connectivity index (χ0v) is 17.5. The Bertz CT molecular complexity index is 746. The van der Waals surface area contributed by atoms with E-state index < -0.39 is 0 Å². The maximum Gasteiger partial charge on any atom is 0.225 e. The van der Waals surface area contributed by atoms with Crippen LogP contribution < -0.4 is 10.2 Å². The Labute approximate surface area is 171 Å². The molecule has 2 aliphatic rings. The van der Waals surface area contributed by atoms with Gasteiger partial charge in [0.25, 0.3) is 0 Å². The van der Waals surface area contributed by atoms with Gasteiger partial charge in [0.15, 0.2) is 5.96 Å². The number of aromatic nitrogens is 2. The molecule has 0 aromatic carbocycles. The van der Waals surface area contributed by atoms with Crippen LogP contribution in [0.15, 0.2) is 41.0 Å². The first kappa shape index (κ1) is 19.2. The van der Waals surface area contributed by atoms with Crippen LogP contribution >= 0.6 is 11.3 Å². The Hall–Kier alpha value is -2.15. The van der Waals surface area contributed by atoms with Crippen molar-refractivity contribution in [2.75, 3.05) is 44.7 Å². The van der Waals surface area contributed by atoms with Gasteiger partial charge in [0.05, 0.1) is 0 Å². The number of thiophene rings is 1. The maximum atomic E-state index is 4.59. The minimum atomic E-state index is 0.266. The predicted octanol–water partition coefficient (Wildman–Crippen LogP) is 3.14. The summed E-state index contributed by atoms with van der Waals surface area (Å²) < 4.78 is 0. The highest BCUT2D eigenvalue weighted by Gasteiger charge is 2.35. The lowest BCUT2D eigenvalue weighted by Gasteiger charge is -2.40. The van der Waals surface area contributed by atoms with Crippen molar-refractivity contribution in [3.05, 3.63) is 40.8 Å². The van der Waals surface area contributed by atoms with Gasteiger partial charge in [-0.3, -0.25) is 4.99 Å². The number of hydrogen-bond donors (Lipinski definition) is 1. The Morgan fingerprint density at radius 1 is 1.11 bits per heavy atom. The van der Waals surface area contributed by atoms with Gasteiger partial charge in [-0.2, -0.15) is 0 Å². The summed E-state index contributed by atoms with van der Waals surface area (Å²) >= 11 is 1.91. The summed E-state index contributed by atoms with van der Waals surface area (Å²) in [7, 11) is 1.90. The number of guanidine groups is 1. The Morgan fingerprint density at radius 2 is 1.86 bits per heavy atom. The lowest BCUT2D eigenvalue weighted by molar-refractivity contribution is 0.289. The van der Waals surface area contributed by atoms with E-state index in [4.69, 9.17) is 0 Å². The van der Waals surface area contributed by atoms with Gasteiger partial charge in [-0.1, -0.05) is 25.3 Å². The molecule has 7 heteroatoms. The predicted molar refractivity (Wildman–Crippen MR) is 116 cm³/mol. The van der Waals surface area contributed by atoms with Crippen molar-refractivity contribution >= 4 is 23.2 Å². The lowest BCUT2D eigenvalue weighted by Crippen LogP contribution is -2.54. The number of rotatable bonds is 4. The van der Waals surface area contributed by atoms with Gasteiger partial charge in [0, 0.05) is 62.5 Å². The highest BCUT2D eigenvalue weighted by atomic mass is 32.1.